The standard InChI is InChI=1S/C18H15N3O2/c1-23-13-6-4-5-12(9-13)10-21-11-19-16-14-7-2-3-8-15(14)20-17(16)18(21)22/h2-9,11,20H,10H2,1H3. The maximum atomic E-state index is 12.7. The molecule has 0 spiro atoms. The minimum atomic E-state index is -0.0750. The van der Waals surface area contributed by atoms with Crippen molar-refractivity contribution in [3.63, 3.8) is 0 Å². The van der Waals surface area contributed by atoms with Crippen LogP contribution in [0, 0.1) is 0 Å². The molecule has 114 valence electrons. The zero-order valence-corrected chi connectivity index (χ0v) is 12.6. The number of hydrogen-bond acceptors (Lipinski definition) is 3. The number of benzene rings is 2. The predicted molar refractivity (Wildman–Crippen MR) is 90.0 cm³/mol. The molecule has 0 atom stereocenters. The van der Waals surface area contributed by atoms with Crippen molar-refractivity contribution in [1.82, 2.24) is 14.5 Å². The third-order valence-corrected chi connectivity index (χ3v) is 3.97. The van der Waals surface area contributed by atoms with Crippen LogP contribution in [-0.2, 0) is 6.54 Å². The highest BCUT2D eigenvalue weighted by molar-refractivity contribution is 6.04. The Morgan fingerprint density at radius 3 is 2.91 bits per heavy atom. The number of nitrogens with zero attached hydrogens (tertiary/aromatic N) is 2. The van der Waals surface area contributed by atoms with Crippen LogP contribution in [0.3, 0.4) is 0 Å². The Balaban J connectivity index is 1.83. The van der Waals surface area contributed by atoms with Crippen molar-refractivity contribution in [2.24, 2.45) is 0 Å². The minimum absolute atomic E-state index is 0.0750. The van der Waals surface area contributed by atoms with Crippen LogP contribution in [0.1, 0.15) is 5.56 Å². The average molecular weight is 305 g/mol. The number of ether oxygens (including phenoxy) is 1. The van der Waals surface area contributed by atoms with Gasteiger partial charge in [0.15, 0.2) is 0 Å². The topological polar surface area (TPSA) is 59.9 Å². The molecule has 0 amide bonds. The molecule has 0 aliphatic carbocycles. The van der Waals surface area contributed by atoms with E-state index in [-0.39, 0.29) is 5.56 Å². The van der Waals surface area contributed by atoms with Crippen molar-refractivity contribution >= 4 is 21.9 Å². The lowest BCUT2D eigenvalue weighted by molar-refractivity contribution is 0.414. The molecule has 0 saturated carbocycles. The van der Waals surface area contributed by atoms with Gasteiger partial charge in [-0.25, -0.2) is 4.98 Å². The molecule has 23 heavy (non-hydrogen) atoms. The summed E-state index contributed by atoms with van der Waals surface area (Å²) in [5.41, 5.74) is 3.09. The van der Waals surface area contributed by atoms with Crippen molar-refractivity contribution in [3.8, 4) is 5.75 Å². The molecule has 0 radical (unpaired) electrons. The number of methoxy groups -OCH3 is 1. The van der Waals surface area contributed by atoms with Gasteiger partial charge in [0, 0.05) is 10.9 Å². The molecule has 5 nitrogen and oxygen atoms in total. The summed E-state index contributed by atoms with van der Waals surface area (Å²) in [4.78, 5) is 20.4. The number of nitrogens with one attached hydrogen (secondary N) is 1. The fourth-order valence-electron chi connectivity index (χ4n) is 2.82. The van der Waals surface area contributed by atoms with Gasteiger partial charge in [0.1, 0.15) is 16.8 Å². The van der Waals surface area contributed by atoms with Gasteiger partial charge < -0.3 is 9.72 Å². The van der Waals surface area contributed by atoms with E-state index in [9.17, 15) is 4.79 Å². The number of para-hydroxylation sites is 1. The number of rotatable bonds is 3. The Kier molecular flexibility index (Phi) is 3.12. The van der Waals surface area contributed by atoms with Gasteiger partial charge in [-0.05, 0) is 23.8 Å². The highest BCUT2D eigenvalue weighted by Gasteiger charge is 2.10. The summed E-state index contributed by atoms with van der Waals surface area (Å²) >= 11 is 0. The van der Waals surface area contributed by atoms with Gasteiger partial charge in [0.25, 0.3) is 5.56 Å². The van der Waals surface area contributed by atoms with Gasteiger partial charge in [-0.2, -0.15) is 0 Å². The summed E-state index contributed by atoms with van der Waals surface area (Å²) in [6.07, 6.45) is 1.60. The Morgan fingerprint density at radius 1 is 1.17 bits per heavy atom. The second kappa shape index (κ2) is 5.28. The summed E-state index contributed by atoms with van der Waals surface area (Å²) in [5, 5.41) is 0.966. The maximum Gasteiger partial charge on any atom is 0.277 e. The summed E-state index contributed by atoms with van der Waals surface area (Å²) in [6.45, 7) is 0.453. The molecule has 0 bridgehead atoms. The molecule has 2 heterocycles. The number of H-pyrrole nitrogens is 1. The quantitative estimate of drug-likeness (QED) is 0.633. The van der Waals surface area contributed by atoms with E-state index >= 15 is 0 Å². The van der Waals surface area contributed by atoms with Crippen molar-refractivity contribution in [2.75, 3.05) is 7.11 Å². The van der Waals surface area contributed by atoms with Crippen molar-refractivity contribution < 1.29 is 4.74 Å². The van der Waals surface area contributed by atoms with Crippen LogP contribution in [0.15, 0.2) is 59.7 Å². The normalized spacial score (nSPS) is 11.2. The number of fused-ring (bicyclic) bond motifs is 3. The van der Waals surface area contributed by atoms with E-state index < -0.39 is 0 Å². The predicted octanol–water partition coefficient (Wildman–Crippen LogP) is 2.93. The smallest absolute Gasteiger partial charge is 0.277 e. The maximum absolute atomic E-state index is 12.7. The molecular weight excluding hydrogens is 290 g/mol. The molecule has 0 aliphatic rings. The van der Waals surface area contributed by atoms with Crippen molar-refractivity contribution in [2.45, 2.75) is 6.54 Å². The fraction of sp³-hybridized carbons (Fsp3) is 0.111. The number of aromatic nitrogens is 3. The van der Waals surface area contributed by atoms with Crippen molar-refractivity contribution in [1.29, 1.82) is 0 Å². The molecule has 2 aromatic heterocycles. The van der Waals surface area contributed by atoms with Crippen LogP contribution in [0.2, 0.25) is 0 Å². The first-order chi connectivity index (χ1) is 11.3. The lowest BCUT2D eigenvalue weighted by atomic mass is 10.2. The van der Waals surface area contributed by atoms with Gasteiger partial charge in [-0.3, -0.25) is 9.36 Å². The Hall–Kier alpha value is -3.08. The monoisotopic (exact) mass is 305 g/mol. The largest absolute Gasteiger partial charge is 0.497 e. The van der Waals surface area contributed by atoms with E-state index in [1.54, 1.807) is 18.0 Å². The van der Waals surface area contributed by atoms with Crippen LogP contribution in [0.5, 0.6) is 5.75 Å². The van der Waals surface area contributed by atoms with E-state index in [4.69, 9.17) is 4.74 Å². The zero-order chi connectivity index (χ0) is 15.8. The van der Waals surface area contributed by atoms with Gasteiger partial charge in [-0.15, -0.1) is 0 Å². The van der Waals surface area contributed by atoms with E-state index in [0.29, 0.717) is 17.6 Å². The molecule has 4 rings (SSSR count). The van der Waals surface area contributed by atoms with Crippen LogP contribution >= 0.6 is 0 Å². The van der Waals surface area contributed by atoms with E-state index in [2.05, 4.69) is 9.97 Å². The summed E-state index contributed by atoms with van der Waals surface area (Å²) in [7, 11) is 1.63. The van der Waals surface area contributed by atoms with Gasteiger partial charge in [-0.1, -0.05) is 30.3 Å². The summed E-state index contributed by atoms with van der Waals surface area (Å²) < 4.78 is 6.83. The van der Waals surface area contributed by atoms with Gasteiger partial charge in [0.2, 0.25) is 0 Å². The van der Waals surface area contributed by atoms with Crippen LogP contribution in [-0.4, -0.2) is 21.6 Å². The highest BCUT2D eigenvalue weighted by Crippen LogP contribution is 2.20. The summed E-state index contributed by atoms with van der Waals surface area (Å²) in [5.74, 6) is 0.773. The lowest BCUT2D eigenvalue weighted by Gasteiger charge is -2.07. The molecular formula is C18H15N3O2. The van der Waals surface area contributed by atoms with Crippen LogP contribution < -0.4 is 10.3 Å². The Bertz CT molecular complexity index is 1060. The Labute approximate surface area is 132 Å². The molecule has 0 unspecified atom stereocenters. The minimum Gasteiger partial charge on any atom is -0.497 e. The third-order valence-electron chi connectivity index (χ3n) is 3.97. The molecule has 0 aliphatic heterocycles. The van der Waals surface area contributed by atoms with Crippen LogP contribution in [0.25, 0.3) is 21.9 Å². The molecule has 4 aromatic rings. The second-order valence-corrected chi connectivity index (χ2v) is 5.42. The van der Waals surface area contributed by atoms with Gasteiger partial charge in [0.05, 0.1) is 20.0 Å². The molecule has 1 N–H and O–H groups in total. The summed E-state index contributed by atoms with van der Waals surface area (Å²) in [6, 6.07) is 15.5. The number of hydrogen-bond donors (Lipinski definition) is 1. The zero-order valence-electron chi connectivity index (χ0n) is 12.6. The van der Waals surface area contributed by atoms with E-state index in [1.807, 2.05) is 48.5 Å². The van der Waals surface area contributed by atoms with E-state index in [0.717, 1.165) is 22.2 Å². The van der Waals surface area contributed by atoms with E-state index in [1.165, 1.54) is 0 Å². The molecule has 0 fully saturated rings. The first-order valence-electron chi connectivity index (χ1n) is 7.35. The SMILES string of the molecule is COc1cccc(Cn2cnc3c([nH]c4ccccc43)c2=O)c1. The average Bonchev–Trinajstić information content (AvgIpc) is 2.97. The molecule has 0 saturated heterocycles. The fourth-order valence-corrected chi connectivity index (χ4v) is 2.82. The number of aromatic amines is 1. The lowest BCUT2D eigenvalue weighted by Crippen LogP contribution is -2.21. The Morgan fingerprint density at radius 2 is 2.04 bits per heavy atom. The van der Waals surface area contributed by atoms with Gasteiger partial charge >= 0.3 is 0 Å². The highest BCUT2D eigenvalue weighted by atomic mass is 16.5. The van der Waals surface area contributed by atoms with Crippen LogP contribution in [0.4, 0.5) is 0 Å². The first-order valence-corrected chi connectivity index (χ1v) is 7.35. The molecule has 5 heteroatoms. The second-order valence-electron chi connectivity index (χ2n) is 5.42. The molecule has 2 aromatic carbocycles. The third kappa shape index (κ3) is 2.26. The van der Waals surface area contributed by atoms with Crippen molar-refractivity contribution in [3.05, 3.63) is 70.8 Å². The first kappa shape index (κ1) is 13.6.